The van der Waals surface area contributed by atoms with Crippen molar-refractivity contribution in [3.05, 3.63) is 88.3 Å². The largest absolute Gasteiger partial charge is 0.488 e. The molecule has 0 aliphatic rings. The van der Waals surface area contributed by atoms with Gasteiger partial charge in [0.25, 0.3) is 0 Å². The first-order chi connectivity index (χ1) is 12.6. The fourth-order valence-electron chi connectivity index (χ4n) is 2.23. The molecule has 3 rings (SSSR count). The number of hydrogen-bond acceptors (Lipinski definition) is 4. The number of carbonyl (C=O) groups excluding carboxylic acids is 1. The number of nitrogens with one attached hydrogen (secondary N) is 1. The fraction of sp³-hybridized carbons (Fsp3) is 0.100. The minimum absolute atomic E-state index is 0.215. The molecule has 6 heteroatoms. The number of carbonyl (C=O) groups is 1. The molecule has 2 aromatic carbocycles. The molecular formula is C20H17ClN2O3. The zero-order valence-corrected chi connectivity index (χ0v) is 14.9. The van der Waals surface area contributed by atoms with Gasteiger partial charge in [-0.25, -0.2) is 5.43 Å². The minimum Gasteiger partial charge on any atom is -0.488 e. The molecule has 5 nitrogen and oxygen atoms in total. The van der Waals surface area contributed by atoms with Crippen LogP contribution in [0.4, 0.5) is 0 Å². The predicted octanol–water partition coefficient (Wildman–Crippen LogP) is 4.58. The molecule has 0 spiro atoms. The van der Waals surface area contributed by atoms with Crippen molar-refractivity contribution in [1.82, 2.24) is 5.43 Å². The Morgan fingerprint density at radius 1 is 1.15 bits per heavy atom. The summed E-state index contributed by atoms with van der Waals surface area (Å²) in [6, 6.07) is 18.2. The third-order valence-electron chi connectivity index (χ3n) is 3.56. The Kier molecular flexibility index (Phi) is 5.71. The zero-order valence-electron chi connectivity index (χ0n) is 14.1. The van der Waals surface area contributed by atoms with E-state index in [1.165, 1.54) is 6.21 Å². The molecule has 0 radical (unpaired) electrons. The van der Waals surface area contributed by atoms with E-state index in [0.29, 0.717) is 23.1 Å². The molecule has 3 aromatic rings. The standard InChI is InChI=1S/C20H17ClN2O3/c1-14-6-11-19(26-14)20(24)23-22-12-16-4-2-3-5-18(16)25-13-15-7-9-17(21)10-8-15/h2-12H,13H2,1H3,(H,23,24)/b22-12-. The number of ether oxygens (including phenoxy) is 1. The van der Waals surface area contributed by atoms with Gasteiger partial charge in [0, 0.05) is 10.6 Å². The lowest BCUT2D eigenvalue weighted by Crippen LogP contribution is -2.16. The van der Waals surface area contributed by atoms with Gasteiger partial charge in [0.1, 0.15) is 18.1 Å². The second kappa shape index (κ2) is 8.36. The number of hydrazone groups is 1. The summed E-state index contributed by atoms with van der Waals surface area (Å²) >= 11 is 5.88. The van der Waals surface area contributed by atoms with Crippen LogP contribution in [0.25, 0.3) is 0 Å². The molecule has 0 bridgehead atoms. The molecule has 0 fully saturated rings. The highest BCUT2D eigenvalue weighted by molar-refractivity contribution is 6.30. The molecule has 0 aliphatic heterocycles. The second-order valence-electron chi connectivity index (χ2n) is 5.56. The van der Waals surface area contributed by atoms with Crippen molar-refractivity contribution in [2.24, 2.45) is 5.10 Å². The Hall–Kier alpha value is -3.05. The molecule has 26 heavy (non-hydrogen) atoms. The molecular weight excluding hydrogens is 352 g/mol. The average Bonchev–Trinajstić information content (AvgIpc) is 3.09. The molecule has 132 valence electrons. The van der Waals surface area contributed by atoms with Crippen molar-refractivity contribution in [3.63, 3.8) is 0 Å². The van der Waals surface area contributed by atoms with Gasteiger partial charge in [0.05, 0.1) is 6.21 Å². The molecule has 1 heterocycles. The van der Waals surface area contributed by atoms with Crippen LogP contribution in [0, 0.1) is 6.92 Å². The van der Waals surface area contributed by atoms with Gasteiger partial charge in [-0.05, 0) is 48.9 Å². The van der Waals surface area contributed by atoms with Gasteiger partial charge >= 0.3 is 5.91 Å². The van der Waals surface area contributed by atoms with Crippen molar-refractivity contribution in [3.8, 4) is 5.75 Å². The Labute approximate surface area is 156 Å². The molecule has 0 unspecified atom stereocenters. The SMILES string of the molecule is Cc1ccc(C(=O)N/N=C\c2ccccc2OCc2ccc(Cl)cc2)o1. The van der Waals surface area contributed by atoms with Crippen LogP contribution in [0.1, 0.15) is 27.4 Å². The van der Waals surface area contributed by atoms with Crippen molar-refractivity contribution >= 4 is 23.7 Å². The van der Waals surface area contributed by atoms with E-state index in [9.17, 15) is 4.79 Å². The second-order valence-corrected chi connectivity index (χ2v) is 6.00. The fourth-order valence-corrected chi connectivity index (χ4v) is 2.36. The van der Waals surface area contributed by atoms with Gasteiger partial charge in [-0.1, -0.05) is 35.9 Å². The number of nitrogens with zero attached hydrogens (tertiary/aromatic N) is 1. The lowest BCUT2D eigenvalue weighted by molar-refractivity contribution is 0.0926. The quantitative estimate of drug-likeness (QED) is 0.511. The highest BCUT2D eigenvalue weighted by Crippen LogP contribution is 2.18. The summed E-state index contributed by atoms with van der Waals surface area (Å²) in [5, 5.41) is 4.66. The molecule has 1 aromatic heterocycles. The number of amides is 1. The van der Waals surface area contributed by atoms with E-state index in [1.807, 2.05) is 48.5 Å². The highest BCUT2D eigenvalue weighted by atomic mass is 35.5. The number of furan rings is 1. The Morgan fingerprint density at radius 2 is 1.92 bits per heavy atom. The van der Waals surface area contributed by atoms with Gasteiger partial charge in [-0.2, -0.15) is 5.10 Å². The number of aryl methyl sites for hydroxylation is 1. The van der Waals surface area contributed by atoms with E-state index >= 15 is 0 Å². The molecule has 0 atom stereocenters. The summed E-state index contributed by atoms with van der Waals surface area (Å²) < 4.78 is 11.1. The number of para-hydroxylation sites is 1. The molecule has 0 saturated carbocycles. The molecule has 1 amide bonds. The molecule has 1 N–H and O–H groups in total. The van der Waals surface area contributed by atoms with Gasteiger partial charge in [-0.15, -0.1) is 0 Å². The number of benzene rings is 2. The van der Waals surface area contributed by atoms with Gasteiger partial charge in [0.2, 0.25) is 0 Å². The summed E-state index contributed by atoms with van der Waals surface area (Å²) in [6.45, 7) is 2.17. The summed E-state index contributed by atoms with van der Waals surface area (Å²) in [7, 11) is 0. The van der Waals surface area contributed by atoms with Crippen LogP contribution in [0.15, 0.2) is 70.2 Å². The Bertz CT molecular complexity index is 917. The third-order valence-corrected chi connectivity index (χ3v) is 3.81. The number of hydrogen-bond donors (Lipinski definition) is 1. The summed E-state index contributed by atoms with van der Waals surface area (Å²) in [5.41, 5.74) is 4.18. The maximum atomic E-state index is 11.9. The Morgan fingerprint density at radius 3 is 2.65 bits per heavy atom. The average molecular weight is 369 g/mol. The van der Waals surface area contributed by atoms with Crippen LogP contribution in [-0.4, -0.2) is 12.1 Å². The van der Waals surface area contributed by atoms with Crippen LogP contribution in [0.5, 0.6) is 5.75 Å². The van der Waals surface area contributed by atoms with Crippen molar-refractivity contribution in [2.75, 3.05) is 0 Å². The first kappa shape index (κ1) is 17.8. The van der Waals surface area contributed by atoms with Crippen molar-refractivity contribution < 1.29 is 13.9 Å². The van der Waals surface area contributed by atoms with Gasteiger partial charge in [0.15, 0.2) is 5.76 Å². The van der Waals surface area contributed by atoms with Gasteiger partial charge in [-0.3, -0.25) is 4.79 Å². The lowest BCUT2D eigenvalue weighted by Gasteiger charge is -2.09. The number of rotatable bonds is 6. The van der Waals surface area contributed by atoms with Crippen LogP contribution in [0.2, 0.25) is 5.02 Å². The van der Waals surface area contributed by atoms with Crippen molar-refractivity contribution in [1.29, 1.82) is 0 Å². The zero-order chi connectivity index (χ0) is 18.4. The normalized spacial score (nSPS) is 10.8. The van der Waals surface area contributed by atoms with E-state index in [4.69, 9.17) is 20.8 Å². The van der Waals surface area contributed by atoms with Crippen LogP contribution >= 0.6 is 11.6 Å². The smallest absolute Gasteiger partial charge is 0.307 e. The van der Waals surface area contributed by atoms with E-state index in [0.717, 1.165) is 11.1 Å². The topological polar surface area (TPSA) is 63.8 Å². The maximum Gasteiger partial charge on any atom is 0.307 e. The van der Waals surface area contributed by atoms with E-state index in [-0.39, 0.29) is 5.76 Å². The first-order valence-electron chi connectivity index (χ1n) is 7.98. The summed E-state index contributed by atoms with van der Waals surface area (Å²) in [6.07, 6.45) is 1.53. The number of halogens is 1. The van der Waals surface area contributed by atoms with Crippen LogP contribution in [-0.2, 0) is 6.61 Å². The highest BCUT2D eigenvalue weighted by Gasteiger charge is 2.08. The van der Waals surface area contributed by atoms with E-state index in [1.54, 1.807) is 19.1 Å². The van der Waals surface area contributed by atoms with Crippen LogP contribution in [0.3, 0.4) is 0 Å². The first-order valence-corrected chi connectivity index (χ1v) is 8.36. The predicted molar refractivity (Wildman–Crippen MR) is 101 cm³/mol. The summed E-state index contributed by atoms with van der Waals surface area (Å²) in [4.78, 5) is 11.9. The van der Waals surface area contributed by atoms with E-state index in [2.05, 4.69) is 10.5 Å². The monoisotopic (exact) mass is 368 g/mol. The molecule has 0 saturated heterocycles. The maximum absolute atomic E-state index is 11.9. The lowest BCUT2D eigenvalue weighted by atomic mass is 10.2. The van der Waals surface area contributed by atoms with E-state index < -0.39 is 5.91 Å². The summed E-state index contributed by atoms with van der Waals surface area (Å²) in [5.74, 6) is 1.13. The third kappa shape index (κ3) is 4.74. The van der Waals surface area contributed by atoms with Crippen molar-refractivity contribution in [2.45, 2.75) is 13.5 Å². The Balaban J connectivity index is 1.63. The van der Waals surface area contributed by atoms with Gasteiger partial charge < -0.3 is 9.15 Å². The minimum atomic E-state index is -0.408. The molecule has 0 aliphatic carbocycles. The van der Waals surface area contributed by atoms with Crippen LogP contribution < -0.4 is 10.2 Å².